The van der Waals surface area contributed by atoms with Gasteiger partial charge in [0, 0.05) is 31.1 Å². The molecule has 4 rings (SSSR count). The summed E-state index contributed by atoms with van der Waals surface area (Å²) in [6.45, 7) is 0. The Hall–Kier alpha value is -4.32. The molecule has 0 saturated heterocycles. The third-order valence-electron chi connectivity index (χ3n) is 4.69. The van der Waals surface area contributed by atoms with Gasteiger partial charge in [-0.3, -0.25) is 4.79 Å². The second-order valence-electron chi connectivity index (χ2n) is 7.13. The number of halogens is 1. The molecule has 0 aliphatic heterocycles. The van der Waals surface area contributed by atoms with Crippen molar-refractivity contribution in [2.24, 2.45) is 0 Å². The number of carbonyl (C=O) groups excluding carboxylic acids is 1. The summed E-state index contributed by atoms with van der Waals surface area (Å²) in [6, 6.07) is 8.82. The van der Waals surface area contributed by atoms with Gasteiger partial charge in [-0.05, 0) is 30.3 Å². The summed E-state index contributed by atoms with van der Waals surface area (Å²) in [5.41, 5.74) is 1.17. The van der Waals surface area contributed by atoms with E-state index in [0.29, 0.717) is 17.2 Å². The molecule has 0 unspecified atom stereocenters. The minimum absolute atomic E-state index is 0.0161. The molecule has 12 heteroatoms. The van der Waals surface area contributed by atoms with Gasteiger partial charge >= 0.3 is 0 Å². The fourth-order valence-electron chi connectivity index (χ4n) is 3.10. The lowest BCUT2D eigenvalue weighted by atomic mass is 10.1. The van der Waals surface area contributed by atoms with Gasteiger partial charge in [0.2, 0.25) is 5.89 Å². The number of pyridine rings is 2. The molecule has 0 spiro atoms. The van der Waals surface area contributed by atoms with Gasteiger partial charge in [0.1, 0.15) is 23.7 Å². The third-order valence-corrected chi connectivity index (χ3v) is 5.83. The van der Waals surface area contributed by atoms with Crippen LogP contribution in [0.5, 0.6) is 0 Å². The molecule has 4 aromatic rings. The molecule has 3 heterocycles. The zero-order valence-corrected chi connectivity index (χ0v) is 18.9. The standard InChI is InChI=1S/C22H19FN6O4S/c1-24-21(30)15-12-27-20(29-19-6-4-14(23)11-26-19)10-17(15)28-16-5-3-13(22-25-7-8-33-22)9-18(16)34(2,31)32/h3-12H,1-2H3,(H,24,30)(H2,26,27,28,29). The number of sulfone groups is 1. The number of hydrogen-bond acceptors (Lipinski definition) is 9. The molecule has 0 aliphatic rings. The molecule has 0 fully saturated rings. The van der Waals surface area contributed by atoms with Crippen LogP contribution in [-0.4, -0.2) is 42.6 Å². The van der Waals surface area contributed by atoms with Crippen molar-refractivity contribution in [3.8, 4) is 11.5 Å². The number of hydrogen-bond donors (Lipinski definition) is 3. The Morgan fingerprint density at radius 1 is 0.971 bits per heavy atom. The zero-order chi connectivity index (χ0) is 24.3. The largest absolute Gasteiger partial charge is 0.445 e. The number of rotatable bonds is 7. The van der Waals surface area contributed by atoms with E-state index in [0.717, 1.165) is 12.5 Å². The van der Waals surface area contributed by atoms with Crippen LogP contribution in [0.1, 0.15) is 10.4 Å². The van der Waals surface area contributed by atoms with Gasteiger partial charge < -0.3 is 20.4 Å². The van der Waals surface area contributed by atoms with Crippen molar-refractivity contribution in [3.05, 3.63) is 72.6 Å². The Kier molecular flexibility index (Phi) is 6.23. The van der Waals surface area contributed by atoms with Crippen molar-refractivity contribution in [2.45, 2.75) is 4.90 Å². The van der Waals surface area contributed by atoms with Gasteiger partial charge in [-0.1, -0.05) is 0 Å². The van der Waals surface area contributed by atoms with Gasteiger partial charge in [0.25, 0.3) is 5.91 Å². The normalized spacial score (nSPS) is 11.1. The van der Waals surface area contributed by atoms with Crippen LogP contribution < -0.4 is 16.0 Å². The van der Waals surface area contributed by atoms with Crippen LogP contribution in [-0.2, 0) is 9.84 Å². The first-order valence-electron chi connectivity index (χ1n) is 9.86. The van der Waals surface area contributed by atoms with Crippen molar-refractivity contribution in [1.29, 1.82) is 0 Å². The number of carbonyl (C=O) groups is 1. The van der Waals surface area contributed by atoms with Crippen molar-refractivity contribution >= 4 is 38.8 Å². The van der Waals surface area contributed by atoms with Crippen molar-refractivity contribution in [1.82, 2.24) is 20.3 Å². The highest BCUT2D eigenvalue weighted by Crippen LogP contribution is 2.32. The van der Waals surface area contributed by atoms with Gasteiger partial charge in [-0.25, -0.2) is 27.8 Å². The Labute approximate surface area is 194 Å². The van der Waals surface area contributed by atoms with E-state index in [2.05, 4.69) is 30.9 Å². The lowest BCUT2D eigenvalue weighted by Gasteiger charge is -2.16. The van der Waals surface area contributed by atoms with E-state index in [1.165, 1.54) is 50.0 Å². The fraction of sp³-hybridized carbons (Fsp3) is 0.0909. The Morgan fingerprint density at radius 2 is 1.76 bits per heavy atom. The van der Waals surface area contributed by atoms with Gasteiger partial charge in [0.05, 0.1) is 34.2 Å². The molecule has 174 valence electrons. The van der Waals surface area contributed by atoms with Crippen LogP contribution in [0.2, 0.25) is 0 Å². The quantitative estimate of drug-likeness (QED) is 0.361. The molecule has 0 bridgehead atoms. The number of nitrogens with zero attached hydrogens (tertiary/aromatic N) is 3. The Bertz CT molecular complexity index is 1440. The highest BCUT2D eigenvalue weighted by Gasteiger charge is 2.19. The maximum Gasteiger partial charge on any atom is 0.254 e. The number of amides is 1. The Morgan fingerprint density at radius 3 is 2.41 bits per heavy atom. The molecule has 34 heavy (non-hydrogen) atoms. The summed E-state index contributed by atoms with van der Waals surface area (Å²) in [7, 11) is -2.21. The number of oxazole rings is 1. The first-order valence-corrected chi connectivity index (χ1v) is 11.8. The van der Waals surface area contributed by atoms with E-state index in [1.807, 2.05) is 0 Å². The maximum atomic E-state index is 13.1. The Balaban J connectivity index is 1.75. The summed E-state index contributed by atoms with van der Waals surface area (Å²) in [4.78, 5) is 24.6. The molecule has 3 aromatic heterocycles. The number of anilines is 4. The lowest BCUT2D eigenvalue weighted by molar-refractivity contribution is 0.0963. The minimum atomic E-state index is -3.68. The number of nitrogens with one attached hydrogen (secondary N) is 3. The third kappa shape index (κ3) is 5.02. The van der Waals surface area contributed by atoms with Crippen molar-refractivity contribution in [3.63, 3.8) is 0 Å². The first kappa shape index (κ1) is 22.9. The van der Waals surface area contributed by atoms with Crippen molar-refractivity contribution < 1.29 is 22.0 Å². The second kappa shape index (κ2) is 9.27. The van der Waals surface area contributed by atoms with Crippen LogP contribution in [0.3, 0.4) is 0 Å². The molecule has 1 amide bonds. The lowest BCUT2D eigenvalue weighted by Crippen LogP contribution is -2.20. The highest BCUT2D eigenvalue weighted by molar-refractivity contribution is 7.90. The van der Waals surface area contributed by atoms with Crippen LogP contribution in [0, 0.1) is 5.82 Å². The molecule has 1 aromatic carbocycles. The molecule has 3 N–H and O–H groups in total. The molecular weight excluding hydrogens is 463 g/mol. The van der Waals surface area contributed by atoms with E-state index < -0.39 is 21.6 Å². The predicted octanol–water partition coefficient (Wildman–Crippen LogP) is 3.52. The van der Waals surface area contributed by atoms with E-state index in [4.69, 9.17) is 4.42 Å². The second-order valence-corrected chi connectivity index (χ2v) is 9.11. The summed E-state index contributed by atoms with van der Waals surface area (Å²) < 4.78 is 43.5. The summed E-state index contributed by atoms with van der Waals surface area (Å²) in [6.07, 6.45) is 6.30. The van der Waals surface area contributed by atoms with Crippen molar-refractivity contribution in [2.75, 3.05) is 23.9 Å². The summed E-state index contributed by atoms with van der Waals surface area (Å²) in [5, 5.41) is 8.46. The van der Waals surface area contributed by atoms with E-state index in [9.17, 15) is 17.6 Å². The molecule has 10 nitrogen and oxygen atoms in total. The minimum Gasteiger partial charge on any atom is -0.445 e. The SMILES string of the molecule is CNC(=O)c1cnc(Nc2ccc(F)cn2)cc1Nc1ccc(-c2ncco2)cc1S(C)(=O)=O. The maximum absolute atomic E-state index is 13.1. The fourth-order valence-corrected chi connectivity index (χ4v) is 3.96. The topological polar surface area (TPSA) is 139 Å². The molecule has 0 aliphatic carbocycles. The predicted molar refractivity (Wildman–Crippen MR) is 123 cm³/mol. The van der Waals surface area contributed by atoms with E-state index in [1.54, 1.807) is 12.1 Å². The first-order chi connectivity index (χ1) is 16.2. The number of aromatic nitrogens is 3. The highest BCUT2D eigenvalue weighted by atomic mass is 32.2. The average Bonchev–Trinajstić information content (AvgIpc) is 3.35. The summed E-state index contributed by atoms with van der Waals surface area (Å²) >= 11 is 0. The number of benzene rings is 1. The van der Waals surface area contributed by atoms with E-state index >= 15 is 0 Å². The van der Waals surface area contributed by atoms with Crippen LogP contribution >= 0.6 is 0 Å². The average molecular weight is 482 g/mol. The molecule has 0 atom stereocenters. The van der Waals surface area contributed by atoms with Crippen LogP contribution in [0.15, 0.2) is 70.6 Å². The molecular formula is C22H19FN6O4S. The van der Waals surface area contributed by atoms with Crippen LogP contribution in [0.25, 0.3) is 11.5 Å². The molecule has 0 saturated carbocycles. The van der Waals surface area contributed by atoms with Gasteiger partial charge in [-0.15, -0.1) is 0 Å². The zero-order valence-electron chi connectivity index (χ0n) is 18.0. The van der Waals surface area contributed by atoms with Gasteiger partial charge in [0.15, 0.2) is 9.84 Å². The van der Waals surface area contributed by atoms with Crippen LogP contribution in [0.4, 0.5) is 27.4 Å². The van der Waals surface area contributed by atoms with Gasteiger partial charge in [-0.2, -0.15) is 0 Å². The molecule has 0 radical (unpaired) electrons. The van der Waals surface area contributed by atoms with E-state index in [-0.39, 0.29) is 27.7 Å². The summed E-state index contributed by atoms with van der Waals surface area (Å²) in [5.74, 6) is -0.0213. The smallest absolute Gasteiger partial charge is 0.254 e. The monoisotopic (exact) mass is 482 g/mol.